The molecule has 0 aliphatic heterocycles. The van der Waals surface area contributed by atoms with Crippen LogP contribution in [0.2, 0.25) is 0 Å². The second-order valence-electron chi connectivity index (χ2n) is 7.13. The van der Waals surface area contributed by atoms with Gasteiger partial charge in [0.15, 0.2) is 5.96 Å². The number of carbonyl (C=O) groups is 1. The van der Waals surface area contributed by atoms with Crippen LogP contribution in [0.25, 0.3) is 0 Å². The Morgan fingerprint density at radius 3 is 2.44 bits per heavy atom. The molecule has 0 spiro atoms. The fourth-order valence-electron chi connectivity index (χ4n) is 3.61. The first-order valence-corrected chi connectivity index (χ1v) is 9.27. The summed E-state index contributed by atoms with van der Waals surface area (Å²) in [7, 11) is 5.47. The maximum Gasteiger partial charge on any atom is 0.230 e. The molecule has 1 saturated carbocycles. The number of rotatable bonds is 7. The summed E-state index contributed by atoms with van der Waals surface area (Å²) >= 11 is 0. The van der Waals surface area contributed by atoms with Crippen LogP contribution < -0.4 is 10.6 Å². The van der Waals surface area contributed by atoms with Crippen molar-refractivity contribution < 1.29 is 4.79 Å². The molecule has 138 valence electrons. The summed E-state index contributed by atoms with van der Waals surface area (Å²) in [5, 5.41) is 6.74. The van der Waals surface area contributed by atoms with Crippen molar-refractivity contribution in [1.82, 2.24) is 15.5 Å². The zero-order valence-electron chi connectivity index (χ0n) is 15.8. The predicted octanol–water partition coefficient (Wildman–Crippen LogP) is 2.43. The van der Waals surface area contributed by atoms with Crippen molar-refractivity contribution in [3.63, 3.8) is 0 Å². The van der Waals surface area contributed by atoms with Crippen LogP contribution in [0.5, 0.6) is 0 Å². The van der Waals surface area contributed by atoms with Crippen molar-refractivity contribution in [2.45, 2.75) is 38.5 Å². The summed E-state index contributed by atoms with van der Waals surface area (Å²) in [6, 6.07) is 10.5. The molecule has 0 heterocycles. The van der Waals surface area contributed by atoms with Gasteiger partial charge in [-0.05, 0) is 31.2 Å². The molecule has 0 bridgehead atoms. The Labute approximate surface area is 151 Å². The highest BCUT2D eigenvalue weighted by Crippen LogP contribution is 2.38. The highest BCUT2D eigenvalue weighted by molar-refractivity contribution is 5.85. The van der Waals surface area contributed by atoms with Gasteiger partial charge in [-0.3, -0.25) is 9.79 Å². The number of aliphatic imine (C=N–C) groups is 1. The van der Waals surface area contributed by atoms with Gasteiger partial charge in [0, 0.05) is 34.2 Å². The third-order valence-corrected chi connectivity index (χ3v) is 5.02. The summed E-state index contributed by atoms with van der Waals surface area (Å²) in [6.07, 6.45) is 6.28. The molecule has 0 saturated heterocycles. The third kappa shape index (κ3) is 5.48. The van der Waals surface area contributed by atoms with Crippen LogP contribution in [-0.4, -0.2) is 51.0 Å². The van der Waals surface area contributed by atoms with Crippen LogP contribution in [0.15, 0.2) is 35.3 Å². The molecule has 0 unspecified atom stereocenters. The Balaban J connectivity index is 1.78. The van der Waals surface area contributed by atoms with Crippen LogP contribution >= 0.6 is 0 Å². The Bertz CT molecular complexity index is 562. The molecule has 1 aromatic rings. The molecule has 2 N–H and O–H groups in total. The largest absolute Gasteiger partial charge is 0.356 e. The van der Waals surface area contributed by atoms with E-state index in [-0.39, 0.29) is 11.3 Å². The molecular weight excluding hydrogens is 312 g/mol. The molecule has 1 aliphatic rings. The van der Waals surface area contributed by atoms with Gasteiger partial charge in [0.25, 0.3) is 0 Å². The van der Waals surface area contributed by atoms with E-state index in [1.165, 1.54) is 5.56 Å². The van der Waals surface area contributed by atoms with Crippen molar-refractivity contribution >= 4 is 11.9 Å². The van der Waals surface area contributed by atoms with Gasteiger partial charge in [0.2, 0.25) is 5.91 Å². The topological polar surface area (TPSA) is 56.7 Å². The lowest BCUT2D eigenvalue weighted by molar-refractivity contribution is -0.138. The maximum atomic E-state index is 12.6. The summed E-state index contributed by atoms with van der Waals surface area (Å²) in [5.74, 6) is 1.02. The molecule has 1 aliphatic carbocycles. The van der Waals surface area contributed by atoms with Crippen molar-refractivity contribution in [3.05, 3.63) is 35.9 Å². The third-order valence-electron chi connectivity index (χ3n) is 5.02. The summed E-state index contributed by atoms with van der Waals surface area (Å²) in [6.45, 7) is 1.52. The molecule has 1 fully saturated rings. The number of amides is 1. The van der Waals surface area contributed by atoms with E-state index >= 15 is 0 Å². The first-order chi connectivity index (χ1) is 12.1. The molecule has 1 aromatic carbocycles. The summed E-state index contributed by atoms with van der Waals surface area (Å²) < 4.78 is 0. The molecule has 5 heteroatoms. The van der Waals surface area contributed by atoms with Crippen molar-refractivity contribution in [3.8, 4) is 0 Å². The summed E-state index contributed by atoms with van der Waals surface area (Å²) in [4.78, 5) is 18.6. The highest BCUT2D eigenvalue weighted by Gasteiger charge is 2.42. The number of hydrogen-bond donors (Lipinski definition) is 2. The Hall–Kier alpha value is -2.04. The van der Waals surface area contributed by atoms with Gasteiger partial charge in [-0.25, -0.2) is 0 Å². The van der Waals surface area contributed by atoms with Crippen LogP contribution in [0, 0.1) is 5.41 Å². The molecule has 0 radical (unpaired) electrons. The van der Waals surface area contributed by atoms with Gasteiger partial charge in [0.05, 0.1) is 5.41 Å². The number of aryl methyl sites for hydroxylation is 1. The Morgan fingerprint density at radius 1 is 1.16 bits per heavy atom. The zero-order valence-corrected chi connectivity index (χ0v) is 15.8. The number of hydrogen-bond acceptors (Lipinski definition) is 2. The highest BCUT2D eigenvalue weighted by atomic mass is 16.2. The van der Waals surface area contributed by atoms with Crippen molar-refractivity contribution in [2.75, 3.05) is 34.2 Å². The normalized spacial score (nSPS) is 16.5. The van der Waals surface area contributed by atoms with E-state index in [2.05, 4.69) is 39.9 Å². The smallest absolute Gasteiger partial charge is 0.230 e. The fourth-order valence-corrected chi connectivity index (χ4v) is 3.61. The molecule has 25 heavy (non-hydrogen) atoms. The van der Waals surface area contributed by atoms with Crippen LogP contribution in [0.4, 0.5) is 0 Å². The molecule has 0 atom stereocenters. The minimum atomic E-state index is -0.273. The number of guanidine groups is 1. The van der Waals surface area contributed by atoms with Crippen molar-refractivity contribution in [1.29, 1.82) is 0 Å². The number of benzene rings is 1. The lowest BCUT2D eigenvalue weighted by atomic mass is 9.84. The second-order valence-corrected chi connectivity index (χ2v) is 7.13. The molecule has 2 rings (SSSR count). The average Bonchev–Trinajstić information content (AvgIpc) is 3.11. The first kappa shape index (κ1) is 19.3. The maximum absolute atomic E-state index is 12.6. The van der Waals surface area contributed by atoms with E-state index in [0.29, 0.717) is 6.54 Å². The SMILES string of the molecule is CN=C(NCCCc1ccccc1)NCC1(C(=O)N(C)C)CCCC1. The molecule has 1 amide bonds. The average molecular weight is 345 g/mol. The van der Waals surface area contributed by atoms with Crippen LogP contribution in [0.3, 0.4) is 0 Å². The fraction of sp³-hybridized carbons (Fsp3) is 0.600. The Kier molecular flexibility index (Phi) is 7.29. The van der Waals surface area contributed by atoms with E-state index in [0.717, 1.165) is 51.0 Å². The lowest BCUT2D eigenvalue weighted by Crippen LogP contribution is -2.49. The van der Waals surface area contributed by atoms with Gasteiger partial charge in [-0.1, -0.05) is 43.2 Å². The number of carbonyl (C=O) groups excluding carboxylic acids is 1. The quantitative estimate of drug-likeness (QED) is 0.454. The van der Waals surface area contributed by atoms with Gasteiger partial charge in [-0.2, -0.15) is 0 Å². The van der Waals surface area contributed by atoms with Gasteiger partial charge >= 0.3 is 0 Å². The minimum Gasteiger partial charge on any atom is -0.356 e. The number of nitrogens with one attached hydrogen (secondary N) is 2. The zero-order chi connectivity index (χ0) is 18.1. The van der Waals surface area contributed by atoms with Gasteiger partial charge in [-0.15, -0.1) is 0 Å². The van der Waals surface area contributed by atoms with Crippen LogP contribution in [-0.2, 0) is 11.2 Å². The standard InChI is InChI=1S/C20H32N4O/c1-21-19(22-15-9-12-17-10-5-4-6-11-17)23-16-20(13-7-8-14-20)18(25)24(2)3/h4-6,10-11H,7-9,12-16H2,1-3H3,(H2,21,22,23). The second kappa shape index (κ2) is 9.44. The van der Waals surface area contributed by atoms with Gasteiger partial charge in [0.1, 0.15) is 0 Å². The monoisotopic (exact) mass is 344 g/mol. The van der Waals surface area contributed by atoms with E-state index in [1.807, 2.05) is 20.2 Å². The molecule has 5 nitrogen and oxygen atoms in total. The Morgan fingerprint density at radius 2 is 1.84 bits per heavy atom. The lowest BCUT2D eigenvalue weighted by Gasteiger charge is -2.31. The van der Waals surface area contributed by atoms with E-state index in [9.17, 15) is 4.79 Å². The minimum absolute atomic E-state index is 0.233. The predicted molar refractivity (Wildman–Crippen MR) is 104 cm³/mol. The van der Waals surface area contributed by atoms with Crippen molar-refractivity contribution in [2.24, 2.45) is 10.4 Å². The van der Waals surface area contributed by atoms with E-state index in [1.54, 1.807) is 11.9 Å². The first-order valence-electron chi connectivity index (χ1n) is 9.27. The molecular formula is C20H32N4O. The van der Waals surface area contributed by atoms with E-state index in [4.69, 9.17) is 0 Å². The van der Waals surface area contributed by atoms with Gasteiger partial charge < -0.3 is 15.5 Å². The number of nitrogens with zero attached hydrogens (tertiary/aromatic N) is 2. The molecule has 0 aromatic heterocycles. The van der Waals surface area contributed by atoms with E-state index < -0.39 is 0 Å². The summed E-state index contributed by atoms with van der Waals surface area (Å²) in [5.41, 5.74) is 1.08. The van der Waals surface area contributed by atoms with Crippen LogP contribution in [0.1, 0.15) is 37.7 Å².